The number of carboxylic acid groups (broad SMARTS) is 1. The molecule has 0 aliphatic heterocycles. The van der Waals surface area contributed by atoms with Crippen LogP contribution in [0.2, 0.25) is 0 Å². The standard InChI is InChI=1S/C16H25NO3/c17-14-10-7-8-11-15(14)20-13-9-5-3-1-2-4-6-12-16(18)19/h7-8,10-11H,1-6,9,12-13,17H2,(H,18,19). The first-order valence-electron chi connectivity index (χ1n) is 7.39. The molecule has 1 aromatic carbocycles. The molecule has 4 nitrogen and oxygen atoms in total. The van der Waals surface area contributed by atoms with Crippen molar-refractivity contribution < 1.29 is 14.6 Å². The van der Waals surface area contributed by atoms with E-state index in [2.05, 4.69) is 0 Å². The molecule has 0 saturated heterocycles. The van der Waals surface area contributed by atoms with Crippen molar-refractivity contribution in [2.75, 3.05) is 12.3 Å². The number of hydrogen-bond donors (Lipinski definition) is 2. The van der Waals surface area contributed by atoms with Gasteiger partial charge in [0, 0.05) is 6.42 Å². The number of unbranched alkanes of at least 4 members (excludes halogenated alkanes) is 6. The lowest BCUT2D eigenvalue weighted by atomic mass is 10.1. The zero-order valence-electron chi connectivity index (χ0n) is 12.0. The van der Waals surface area contributed by atoms with Crippen molar-refractivity contribution in [3.8, 4) is 5.75 Å². The van der Waals surface area contributed by atoms with Gasteiger partial charge in [-0.15, -0.1) is 0 Å². The number of rotatable bonds is 11. The summed E-state index contributed by atoms with van der Waals surface area (Å²) in [7, 11) is 0. The highest BCUT2D eigenvalue weighted by atomic mass is 16.5. The fourth-order valence-corrected chi connectivity index (χ4v) is 2.06. The molecule has 0 aliphatic rings. The molecule has 0 fully saturated rings. The largest absolute Gasteiger partial charge is 0.491 e. The molecular formula is C16H25NO3. The third-order valence-electron chi connectivity index (χ3n) is 3.21. The average Bonchev–Trinajstić information content (AvgIpc) is 2.42. The predicted octanol–water partition coefficient (Wildman–Crippen LogP) is 3.85. The van der Waals surface area contributed by atoms with Gasteiger partial charge in [0.05, 0.1) is 12.3 Å². The topological polar surface area (TPSA) is 72.5 Å². The Morgan fingerprint density at radius 2 is 1.60 bits per heavy atom. The van der Waals surface area contributed by atoms with Crippen molar-refractivity contribution in [1.82, 2.24) is 0 Å². The number of nitrogen functional groups attached to an aromatic ring is 1. The summed E-state index contributed by atoms with van der Waals surface area (Å²) in [5.41, 5.74) is 6.47. The lowest BCUT2D eigenvalue weighted by Gasteiger charge is -2.08. The first-order valence-corrected chi connectivity index (χ1v) is 7.39. The van der Waals surface area contributed by atoms with E-state index in [0.717, 1.165) is 37.9 Å². The van der Waals surface area contributed by atoms with Crippen LogP contribution in [0.3, 0.4) is 0 Å². The molecule has 112 valence electrons. The third kappa shape index (κ3) is 7.67. The third-order valence-corrected chi connectivity index (χ3v) is 3.21. The summed E-state index contributed by atoms with van der Waals surface area (Å²) < 4.78 is 5.62. The Bertz CT molecular complexity index is 393. The lowest BCUT2D eigenvalue weighted by Crippen LogP contribution is -2.00. The van der Waals surface area contributed by atoms with Gasteiger partial charge in [0.25, 0.3) is 0 Å². The molecule has 3 N–H and O–H groups in total. The Labute approximate surface area is 120 Å². The van der Waals surface area contributed by atoms with Crippen LogP contribution in [0.4, 0.5) is 5.69 Å². The molecule has 0 atom stereocenters. The predicted molar refractivity (Wildman–Crippen MR) is 80.9 cm³/mol. The Balaban J connectivity index is 1.90. The molecule has 0 unspecified atom stereocenters. The van der Waals surface area contributed by atoms with Crippen molar-refractivity contribution in [3.63, 3.8) is 0 Å². The maximum atomic E-state index is 10.3. The van der Waals surface area contributed by atoms with E-state index in [1.807, 2.05) is 24.3 Å². The first kappa shape index (κ1) is 16.3. The van der Waals surface area contributed by atoms with Crippen molar-refractivity contribution in [2.45, 2.75) is 51.4 Å². The number of para-hydroxylation sites is 2. The molecule has 0 aromatic heterocycles. The molecule has 0 saturated carbocycles. The second-order valence-electron chi connectivity index (χ2n) is 5.00. The van der Waals surface area contributed by atoms with E-state index in [1.165, 1.54) is 12.8 Å². The minimum atomic E-state index is -0.692. The Hall–Kier alpha value is -1.71. The molecule has 0 radical (unpaired) electrons. The van der Waals surface area contributed by atoms with Gasteiger partial charge in [-0.2, -0.15) is 0 Å². The number of benzene rings is 1. The van der Waals surface area contributed by atoms with Crippen LogP contribution in [-0.4, -0.2) is 17.7 Å². The highest BCUT2D eigenvalue weighted by molar-refractivity contribution is 5.66. The average molecular weight is 279 g/mol. The van der Waals surface area contributed by atoms with Crippen LogP contribution in [0.1, 0.15) is 51.4 Å². The van der Waals surface area contributed by atoms with Crippen LogP contribution in [0.5, 0.6) is 5.75 Å². The smallest absolute Gasteiger partial charge is 0.303 e. The van der Waals surface area contributed by atoms with Gasteiger partial charge < -0.3 is 15.6 Å². The maximum Gasteiger partial charge on any atom is 0.303 e. The van der Waals surface area contributed by atoms with E-state index in [1.54, 1.807) is 0 Å². The van der Waals surface area contributed by atoms with E-state index < -0.39 is 5.97 Å². The summed E-state index contributed by atoms with van der Waals surface area (Å²) in [6.07, 6.45) is 7.77. The van der Waals surface area contributed by atoms with Gasteiger partial charge >= 0.3 is 5.97 Å². The zero-order chi connectivity index (χ0) is 14.6. The number of ether oxygens (including phenoxy) is 1. The molecule has 4 heteroatoms. The molecule has 0 spiro atoms. The van der Waals surface area contributed by atoms with E-state index in [4.69, 9.17) is 15.6 Å². The Morgan fingerprint density at radius 3 is 2.25 bits per heavy atom. The SMILES string of the molecule is Nc1ccccc1OCCCCCCCCCC(=O)O. The van der Waals surface area contributed by atoms with Crippen LogP contribution in [0.25, 0.3) is 0 Å². The van der Waals surface area contributed by atoms with Gasteiger partial charge in [-0.25, -0.2) is 0 Å². The number of nitrogens with two attached hydrogens (primary N) is 1. The van der Waals surface area contributed by atoms with Gasteiger partial charge in [0.15, 0.2) is 0 Å². The Kier molecular flexibility index (Phi) is 8.27. The molecule has 0 amide bonds. The number of hydrogen-bond acceptors (Lipinski definition) is 3. The fraction of sp³-hybridized carbons (Fsp3) is 0.562. The number of aliphatic carboxylic acids is 1. The molecule has 0 heterocycles. The lowest BCUT2D eigenvalue weighted by molar-refractivity contribution is -0.137. The van der Waals surface area contributed by atoms with Gasteiger partial charge in [-0.1, -0.05) is 44.2 Å². The number of carbonyl (C=O) groups is 1. The number of carboxylic acids is 1. The van der Waals surface area contributed by atoms with Gasteiger partial charge in [-0.3, -0.25) is 4.79 Å². The van der Waals surface area contributed by atoms with Gasteiger partial charge in [0.1, 0.15) is 5.75 Å². The minimum absolute atomic E-state index is 0.298. The van der Waals surface area contributed by atoms with Crippen molar-refractivity contribution in [3.05, 3.63) is 24.3 Å². The van der Waals surface area contributed by atoms with Gasteiger partial charge in [-0.05, 0) is 25.0 Å². The second kappa shape index (κ2) is 10.1. The highest BCUT2D eigenvalue weighted by Crippen LogP contribution is 2.20. The van der Waals surface area contributed by atoms with Crippen LogP contribution in [0.15, 0.2) is 24.3 Å². The molecule has 1 rings (SSSR count). The molecule has 20 heavy (non-hydrogen) atoms. The maximum absolute atomic E-state index is 10.3. The van der Waals surface area contributed by atoms with Crippen LogP contribution >= 0.6 is 0 Å². The summed E-state index contributed by atoms with van der Waals surface area (Å²) in [6, 6.07) is 7.54. The first-order chi connectivity index (χ1) is 9.70. The molecular weight excluding hydrogens is 254 g/mol. The fourth-order valence-electron chi connectivity index (χ4n) is 2.06. The normalized spacial score (nSPS) is 10.4. The monoisotopic (exact) mass is 279 g/mol. The summed E-state index contributed by atoms with van der Waals surface area (Å²) in [5.74, 6) is 0.0727. The summed E-state index contributed by atoms with van der Waals surface area (Å²) in [4.78, 5) is 10.3. The van der Waals surface area contributed by atoms with Crippen molar-refractivity contribution >= 4 is 11.7 Å². The number of anilines is 1. The second-order valence-corrected chi connectivity index (χ2v) is 5.00. The van der Waals surface area contributed by atoms with Crippen LogP contribution in [0, 0.1) is 0 Å². The minimum Gasteiger partial charge on any atom is -0.491 e. The zero-order valence-corrected chi connectivity index (χ0v) is 12.0. The van der Waals surface area contributed by atoms with Crippen LogP contribution < -0.4 is 10.5 Å². The summed E-state index contributed by atoms with van der Waals surface area (Å²) in [6.45, 7) is 0.702. The Morgan fingerprint density at radius 1 is 1.00 bits per heavy atom. The van der Waals surface area contributed by atoms with E-state index in [-0.39, 0.29) is 0 Å². The van der Waals surface area contributed by atoms with E-state index in [0.29, 0.717) is 18.7 Å². The van der Waals surface area contributed by atoms with E-state index >= 15 is 0 Å². The van der Waals surface area contributed by atoms with Crippen molar-refractivity contribution in [1.29, 1.82) is 0 Å². The van der Waals surface area contributed by atoms with Crippen molar-refractivity contribution in [2.24, 2.45) is 0 Å². The van der Waals surface area contributed by atoms with Crippen LogP contribution in [-0.2, 0) is 4.79 Å². The van der Waals surface area contributed by atoms with E-state index in [9.17, 15) is 4.79 Å². The highest BCUT2D eigenvalue weighted by Gasteiger charge is 1.99. The molecule has 0 aliphatic carbocycles. The quantitative estimate of drug-likeness (QED) is 0.476. The summed E-state index contributed by atoms with van der Waals surface area (Å²) >= 11 is 0. The summed E-state index contributed by atoms with van der Waals surface area (Å²) in [5, 5.41) is 8.50. The molecule has 0 bridgehead atoms. The van der Waals surface area contributed by atoms with Gasteiger partial charge in [0.2, 0.25) is 0 Å². The molecule has 1 aromatic rings.